The van der Waals surface area contributed by atoms with Gasteiger partial charge in [0.25, 0.3) is 5.91 Å². The highest BCUT2D eigenvalue weighted by atomic mass is 16.5. The molecular weight excluding hydrogens is 374 g/mol. The van der Waals surface area contributed by atoms with Gasteiger partial charge >= 0.3 is 0 Å². The Morgan fingerprint density at radius 2 is 1.80 bits per heavy atom. The van der Waals surface area contributed by atoms with Crippen molar-refractivity contribution in [2.24, 2.45) is 0 Å². The third-order valence-corrected chi connectivity index (χ3v) is 5.91. The molecule has 2 aromatic heterocycles. The summed E-state index contributed by atoms with van der Waals surface area (Å²) in [5, 5.41) is 0. The van der Waals surface area contributed by atoms with Gasteiger partial charge in [0.2, 0.25) is 0 Å². The zero-order valence-corrected chi connectivity index (χ0v) is 18.2. The molecule has 1 fully saturated rings. The molecule has 1 aliphatic rings. The van der Waals surface area contributed by atoms with Crippen LogP contribution in [-0.4, -0.2) is 39.6 Å². The largest absolute Gasteiger partial charge is 0.490 e. The molecule has 3 aromatic rings. The summed E-state index contributed by atoms with van der Waals surface area (Å²) in [7, 11) is 0. The van der Waals surface area contributed by atoms with Crippen molar-refractivity contribution < 1.29 is 9.53 Å². The molecule has 4 rings (SSSR count). The van der Waals surface area contributed by atoms with Crippen LogP contribution in [0.1, 0.15) is 45.7 Å². The number of benzene rings is 1. The van der Waals surface area contributed by atoms with Gasteiger partial charge in [-0.15, -0.1) is 0 Å². The number of hydrogen-bond donors (Lipinski definition) is 0. The number of piperidine rings is 1. The van der Waals surface area contributed by atoms with Gasteiger partial charge in [-0.2, -0.15) is 0 Å². The smallest absolute Gasteiger partial charge is 0.255 e. The number of ether oxygens (including phenoxy) is 1. The van der Waals surface area contributed by atoms with Crippen molar-refractivity contribution in [3.05, 3.63) is 76.7 Å². The average Bonchev–Trinajstić information content (AvgIpc) is 3.05. The fraction of sp³-hybridized carbons (Fsp3) is 0.360. The molecule has 5 heteroatoms. The molecule has 0 aliphatic carbocycles. The highest BCUT2D eigenvalue weighted by molar-refractivity contribution is 5.96. The minimum Gasteiger partial charge on any atom is -0.490 e. The van der Waals surface area contributed by atoms with Crippen LogP contribution in [0, 0.1) is 27.7 Å². The molecule has 0 bridgehead atoms. The SMILES string of the molecule is Cc1ccc(C)c(OC2CCN(C(=O)c3cc(C)n(-c4ccccn4)c3C)CC2)c1. The molecular formula is C25H29N3O2. The van der Waals surface area contributed by atoms with Gasteiger partial charge < -0.3 is 14.2 Å². The lowest BCUT2D eigenvalue weighted by atomic mass is 10.1. The molecule has 1 aromatic carbocycles. The average molecular weight is 404 g/mol. The van der Waals surface area contributed by atoms with Gasteiger partial charge in [0, 0.05) is 43.5 Å². The summed E-state index contributed by atoms with van der Waals surface area (Å²) >= 11 is 0. The number of hydrogen-bond acceptors (Lipinski definition) is 3. The van der Waals surface area contributed by atoms with Gasteiger partial charge in [-0.1, -0.05) is 18.2 Å². The van der Waals surface area contributed by atoms with Crippen LogP contribution in [0.3, 0.4) is 0 Å². The number of amides is 1. The zero-order valence-electron chi connectivity index (χ0n) is 18.2. The molecule has 0 N–H and O–H groups in total. The molecule has 0 unspecified atom stereocenters. The summed E-state index contributed by atoms with van der Waals surface area (Å²) in [6, 6.07) is 14.1. The maximum atomic E-state index is 13.2. The fourth-order valence-corrected chi connectivity index (χ4v) is 4.18. The van der Waals surface area contributed by atoms with Crippen LogP contribution in [0.2, 0.25) is 0 Å². The molecule has 5 nitrogen and oxygen atoms in total. The Hall–Kier alpha value is -3.08. The van der Waals surface area contributed by atoms with E-state index in [0.717, 1.165) is 46.9 Å². The van der Waals surface area contributed by atoms with Gasteiger partial charge in [-0.25, -0.2) is 4.98 Å². The first-order valence-electron chi connectivity index (χ1n) is 10.6. The first-order chi connectivity index (χ1) is 14.4. The van der Waals surface area contributed by atoms with Crippen molar-refractivity contribution in [3.8, 4) is 11.6 Å². The Bertz CT molecular complexity index is 1050. The summed E-state index contributed by atoms with van der Waals surface area (Å²) in [6.07, 6.45) is 3.61. The first kappa shape index (κ1) is 20.2. The van der Waals surface area contributed by atoms with Crippen molar-refractivity contribution in [1.82, 2.24) is 14.5 Å². The van der Waals surface area contributed by atoms with E-state index in [4.69, 9.17) is 4.74 Å². The molecule has 0 spiro atoms. The number of rotatable bonds is 4. The Morgan fingerprint density at radius 1 is 1.03 bits per heavy atom. The second kappa shape index (κ2) is 8.34. The number of pyridine rings is 1. The second-order valence-corrected chi connectivity index (χ2v) is 8.19. The van der Waals surface area contributed by atoms with E-state index in [9.17, 15) is 4.79 Å². The van der Waals surface area contributed by atoms with Crippen molar-refractivity contribution in [3.63, 3.8) is 0 Å². The Morgan fingerprint density at radius 3 is 2.50 bits per heavy atom. The fourth-order valence-electron chi connectivity index (χ4n) is 4.18. The number of aromatic nitrogens is 2. The van der Waals surface area contributed by atoms with Crippen LogP contribution in [0.25, 0.3) is 5.82 Å². The molecule has 0 radical (unpaired) electrons. The van der Waals surface area contributed by atoms with E-state index < -0.39 is 0 Å². The number of aryl methyl sites for hydroxylation is 3. The summed E-state index contributed by atoms with van der Waals surface area (Å²) in [5.41, 5.74) is 5.06. The van der Waals surface area contributed by atoms with Gasteiger partial charge in [0.05, 0.1) is 5.56 Å². The van der Waals surface area contributed by atoms with E-state index in [0.29, 0.717) is 13.1 Å². The van der Waals surface area contributed by atoms with Gasteiger partial charge in [0.15, 0.2) is 0 Å². The molecule has 1 aliphatic heterocycles. The van der Waals surface area contributed by atoms with E-state index in [1.54, 1.807) is 6.20 Å². The maximum absolute atomic E-state index is 13.2. The Kier molecular flexibility index (Phi) is 5.62. The number of nitrogens with zero attached hydrogens (tertiary/aromatic N) is 3. The second-order valence-electron chi connectivity index (χ2n) is 8.19. The van der Waals surface area contributed by atoms with Gasteiger partial charge in [0.1, 0.15) is 17.7 Å². The minimum absolute atomic E-state index is 0.0930. The van der Waals surface area contributed by atoms with Crippen LogP contribution in [-0.2, 0) is 0 Å². The molecule has 0 atom stereocenters. The highest BCUT2D eigenvalue weighted by Gasteiger charge is 2.27. The van der Waals surface area contributed by atoms with E-state index in [2.05, 4.69) is 37.0 Å². The predicted octanol–water partition coefficient (Wildman–Crippen LogP) is 4.79. The van der Waals surface area contributed by atoms with Crippen LogP contribution >= 0.6 is 0 Å². The van der Waals surface area contributed by atoms with E-state index in [-0.39, 0.29) is 12.0 Å². The van der Waals surface area contributed by atoms with E-state index in [1.165, 1.54) is 5.56 Å². The topological polar surface area (TPSA) is 47.4 Å². The Labute approximate surface area is 178 Å². The maximum Gasteiger partial charge on any atom is 0.255 e. The van der Waals surface area contributed by atoms with Crippen LogP contribution in [0.4, 0.5) is 0 Å². The van der Waals surface area contributed by atoms with E-state index in [1.807, 2.05) is 47.6 Å². The molecule has 156 valence electrons. The molecule has 3 heterocycles. The molecule has 1 saturated heterocycles. The molecule has 0 saturated carbocycles. The number of likely N-dealkylation sites (tertiary alicyclic amines) is 1. The van der Waals surface area contributed by atoms with Gasteiger partial charge in [-0.3, -0.25) is 4.79 Å². The van der Waals surface area contributed by atoms with Crippen molar-refractivity contribution in [2.75, 3.05) is 13.1 Å². The lowest BCUT2D eigenvalue weighted by molar-refractivity contribution is 0.0593. The monoisotopic (exact) mass is 403 g/mol. The summed E-state index contributed by atoms with van der Waals surface area (Å²) < 4.78 is 8.30. The summed E-state index contributed by atoms with van der Waals surface area (Å²) in [4.78, 5) is 19.6. The normalized spacial score (nSPS) is 14.7. The van der Waals surface area contributed by atoms with Crippen LogP contribution in [0.15, 0.2) is 48.7 Å². The first-order valence-corrected chi connectivity index (χ1v) is 10.6. The van der Waals surface area contributed by atoms with Crippen molar-refractivity contribution in [1.29, 1.82) is 0 Å². The van der Waals surface area contributed by atoms with Crippen LogP contribution in [0.5, 0.6) is 5.75 Å². The number of carbonyl (C=O) groups is 1. The predicted molar refractivity (Wildman–Crippen MR) is 119 cm³/mol. The highest BCUT2D eigenvalue weighted by Crippen LogP contribution is 2.26. The zero-order chi connectivity index (χ0) is 21.3. The third kappa shape index (κ3) is 3.97. The third-order valence-electron chi connectivity index (χ3n) is 5.91. The number of carbonyl (C=O) groups excluding carboxylic acids is 1. The quantitative estimate of drug-likeness (QED) is 0.629. The lowest BCUT2D eigenvalue weighted by Crippen LogP contribution is -2.42. The summed E-state index contributed by atoms with van der Waals surface area (Å²) in [6.45, 7) is 9.58. The van der Waals surface area contributed by atoms with Gasteiger partial charge in [-0.05, 0) is 63.1 Å². The minimum atomic E-state index is 0.0930. The molecule has 1 amide bonds. The standard InChI is InChI=1S/C25H29N3O2/c1-17-8-9-18(2)23(15-17)30-21-10-13-27(14-11-21)25(29)22-16-19(3)28(20(22)4)24-7-5-6-12-26-24/h5-9,12,15-16,21H,10-11,13-14H2,1-4H3. The van der Waals surface area contributed by atoms with Crippen molar-refractivity contribution in [2.45, 2.75) is 46.6 Å². The van der Waals surface area contributed by atoms with E-state index >= 15 is 0 Å². The van der Waals surface area contributed by atoms with Crippen LogP contribution < -0.4 is 4.74 Å². The van der Waals surface area contributed by atoms with Crippen molar-refractivity contribution >= 4 is 5.91 Å². The Balaban J connectivity index is 1.44. The molecule has 30 heavy (non-hydrogen) atoms. The summed E-state index contributed by atoms with van der Waals surface area (Å²) in [5.74, 6) is 1.89. The lowest BCUT2D eigenvalue weighted by Gasteiger charge is -2.32.